The molecule has 0 atom stereocenters. The third-order valence-electron chi connectivity index (χ3n) is 1.72. The topological polar surface area (TPSA) is 44.0 Å². The van der Waals surface area contributed by atoms with E-state index in [1.807, 2.05) is 42.5 Å². The molecule has 2 heteroatoms. The van der Waals surface area contributed by atoms with Crippen molar-refractivity contribution in [1.82, 2.24) is 0 Å². The van der Waals surface area contributed by atoms with E-state index < -0.39 is 0 Å². The summed E-state index contributed by atoms with van der Waals surface area (Å²) in [5, 5.41) is 17.3. The Bertz CT molecular complexity index is 371. The summed E-state index contributed by atoms with van der Waals surface area (Å²) in [5.74, 6) is 0. The molecule has 0 aliphatic heterocycles. The van der Waals surface area contributed by atoms with Crippen molar-refractivity contribution in [2.24, 2.45) is 0 Å². The molecule has 14 heavy (non-hydrogen) atoms. The Labute approximate surface area is 83.4 Å². The number of aliphatic hydroxyl groups excluding tert-OH is 1. The molecule has 2 nitrogen and oxygen atoms in total. The summed E-state index contributed by atoms with van der Waals surface area (Å²) in [6.07, 6.45) is 4.93. The van der Waals surface area contributed by atoms with E-state index in [1.165, 1.54) is 6.08 Å². The van der Waals surface area contributed by atoms with Crippen LogP contribution in [0.2, 0.25) is 0 Å². The molecule has 0 spiro atoms. The van der Waals surface area contributed by atoms with Gasteiger partial charge in [0.2, 0.25) is 0 Å². The molecular formula is C12H11NO. The summed E-state index contributed by atoms with van der Waals surface area (Å²) < 4.78 is 0. The van der Waals surface area contributed by atoms with Gasteiger partial charge in [-0.2, -0.15) is 5.26 Å². The zero-order valence-corrected chi connectivity index (χ0v) is 7.72. The van der Waals surface area contributed by atoms with Crippen LogP contribution in [0.4, 0.5) is 0 Å². The fraction of sp³-hybridized carbons (Fsp3) is 0.0833. The van der Waals surface area contributed by atoms with Crippen molar-refractivity contribution in [2.75, 3.05) is 6.61 Å². The molecule has 0 aliphatic rings. The van der Waals surface area contributed by atoms with E-state index in [9.17, 15) is 0 Å². The second-order valence-corrected chi connectivity index (χ2v) is 2.75. The molecule has 0 amide bonds. The van der Waals surface area contributed by atoms with E-state index in [1.54, 1.807) is 6.08 Å². The standard InChI is InChI=1S/C12H11NO/c13-9-8-12(10-14)7-6-11-4-2-1-3-5-11/h1-8,14H,10H2/b7-6+,12-8+. The second kappa shape index (κ2) is 5.74. The second-order valence-electron chi connectivity index (χ2n) is 2.75. The highest BCUT2D eigenvalue weighted by Crippen LogP contribution is 2.04. The SMILES string of the molecule is N#C/C=C(\C=C\c1ccccc1)CO. The minimum Gasteiger partial charge on any atom is -0.392 e. The molecule has 0 unspecified atom stereocenters. The van der Waals surface area contributed by atoms with Gasteiger partial charge in [0, 0.05) is 6.08 Å². The van der Waals surface area contributed by atoms with Crippen molar-refractivity contribution in [2.45, 2.75) is 0 Å². The Morgan fingerprint density at radius 3 is 2.64 bits per heavy atom. The fourth-order valence-electron chi connectivity index (χ4n) is 0.997. The summed E-state index contributed by atoms with van der Waals surface area (Å²) in [6.45, 7) is -0.114. The summed E-state index contributed by atoms with van der Waals surface area (Å²) in [6, 6.07) is 11.6. The van der Waals surface area contributed by atoms with Crippen molar-refractivity contribution < 1.29 is 5.11 Å². The van der Waals surface area contributed by atoms with E-state index >= 15 is 0 Å². The van der Waals surface area contributed by atoms with Crippen molar-refractivity contribution in [3.63, 3.8) is 0 Å². The predicted octanol–water partition coefficient (Wildman–Crippen LogP) is 2.14. The number of benzene rings is 1. The van der Waals surface area contributed by atoms with Gasteiger partial charge in [-0.15, -0.1) is 0 Å². The van der Waals surface area contributed by atoms with Crippen LogP contribution in [0.25, 0.3) is 6.08 Å². The molecule has 1 rings (SSSR count). The lowest BCUT2D eigenvalue weighted by molar-refractivity contribution is 0.335. The van der Waals surface area contributed by atoms with Gasteiger partial charge in [0.1, 0.15) is 0 Å². The van der Waals surface area contributed by atoms with Gasteiger partial charge in [-0.1, -0.05) is 42.5 Å². The van der Waals surface area contributed by atoms with Gasteiger partial charge in [-0.25, -0.2) is 0 Å². The molecule has 0 radical (unpaired) electrons. The Morgan fingerprint density at radius 1 is 1.36 bits per heavy atom. The maximum atomic E-state index is 8.86. The molecule has 1 aromatic rings. The zero-order valence-electron chi connectivity index (χ0n) is 7.72. The number of aliphatic hydroxyl groups is 1. The average Bonchev–Trinajstić information content (AvgIpc) is 2.25. The molecule has 70 valence electrons. The molecule has 1 aromatic carbocycles. The van der Waals surface area contributed by atoms with E-state index in [-0.39, 0.29) is 6.61 Å². The van der Waals surface area contributed by atoms with Crippen LogP contribution in [0.5, 0.6) is 0 Å². The van der Waals surface area contributed by atoms with Crippen LogP contribution >= 0.6 is 0 Å². The number of allylic oxidation sites excluding steroid dienone is 1. The van der Waals surface area contributed by atoms with Crippen molar-refractivity contribution in [1.29, 1.82) is 5.26 Å². The highest BCUT2D eigenvalue weighted by atomic mass is 16.3. The van der Waals surface area contributed by atoms with E-state index in [0.717, 1.165) is 5.56 Å². The van der Waals surface area contributed by atoms with Gasteiger partial charge in [-0.3, -0.25) is 0 Å². The minimum absolute atomic E-state index is 0.114. The normalized spacial score (nSPS) is 11.6. The molecule has 0 heterocycles. The number of nitrogens with zero attached hydrogens (tertiary/aromatic N) is 1. The Morgan fingerprint density at radius 2 is 2.07 bits per heavy atom. The van der Waals surface area contributed by atoms with E-state index in [4.69, 9.17) is 10.4 Å². The molecule has 0 saturated carbocycles. The first-order valence-corrected chi connectivity index (χ1v) is 4.29. The van der Waals surface area contributed by atoms with Gasteiger partial charge < -0.3 is 5.11 Å². The Kier molecular flexibility index (Phi) is 4.19. The molecule has 1 N–H and O–H groups in total. The average molecular weight is 185 g/mol. The van der Waals surface area contributed by atoms with Gasteiger partial charge in [0.05, 0.1) is 12.7 Å². The fourth-order valence-corrected chi connectivity index (χ4v) is 0.997. The van der Waals surface area contributed by atoms with Crippen LogP contribution in [0.3, 0.4) is 0 Å². The van der Waals surface area contributed by atoms with Crippen molar-refractivity contribution in [3.05, 3.63) is 53.6 Å². The van der Waals surface area contributed by atoms with Crippen molar-refractivity contribution >= 4 is 6.08 Å². The first-order chi connectivity index (χ1) is 6.86. The van der Waals surface area contributed by atoms with Gasteiger partial charge in [-0.05, 0) is 11.1 Å². The Balaban J connectivity index is 2.74. The molecule has 0 aromatic heterocycles. The van der Waals surface area contributed by atoms with Gasteiger partial charge >= 0.3 is 0 Å². The first-order valence-electron chi connectivity index (χ1n) is 4.29. The number of hydrogen-bond donors (Lipinski definition) is 1. The lowest BCUT2D eigenvalue weighted by atomic mass is 10.1. The van der Waals surface area contributed by atoms with Crippen molar-refractivity contribution in [3.8, 4) is 6.07 Å². The molecule has 0 aliphatic carbocycles. The molecular weight excluding hydrogens is 174 g/mol. The smallest absolute Gasteiger partial charge is 0.0915 e. The van der Waals surface area contributed by atoms with Crippen LogP contribution in [0.1, 0.15) is 5.56 Å². The number of hydrogen-bond acceptors (Lipinski definition) is 2. The zero-order chi connectivity index (χ0) is 10.2. The summed E-state index contributed by atoms with van der Waals surface area (Å²) in [4.78, 5) is 0. The van der Waals surface area contributed by atoms with Crippen LogP contribution in [-0.2, 0) is 0 Å². The largest absolute Gasteiger partial charge is 0.392 e. The Hall–Kier alpha value is -1.85. The minimum atomic E-state index is -0.114. The lowest BCUT2D eigenvalue weighted by Gasteiger charge is -1.93. The number of nitriles is 1. The van der Waals surface area contributed by atoms with Gasteiger partial charge in [0.15, 0.2) is 0 Å². The highest BCUT2D eigenvalue weighted by Gasteiger charge is 1.88. The molecule has 0 saturated heterocycles. The quantitative estimate of drug-likeness (QED) is 0.579. The molecule has 0 bridgehead atoms. The molecule has 0 fully saturated rings. The predicted molar refractivity (Wildman–Crippen MR) is 56.3 cm³/mol. The summed E-state index contributed by atoms with van der Waals surface area (Å²) >= 11 is 0. The maximum absolute atomic E-state index is 8.86. The third kappa shape index (κ3) is 3.26. The maximum Gasteiger partial charge on any atom is 0.0915 e. The third-order valence-corrected chi connectivity index (χ3v) is 1.72. The van der Waals surface area contributed by atoms with Crippen LogP contribution in [-0.4, -0.2) is 11.7 Å². The van der Waals surface area contributed by atoms with E-state index in [0.29, 0.717) is 5.57 Å². The summed E-state index contributed by atoms with van der Waals surface area (Å²) in [7, 11) is 0. The van der Waals surface area contributed by atoms with E-state index in [2.05, 4.69) is 0 Å². The highest BCUT2D eigenvalue weighted by molar-refractivity contribution is 5.53. The van der Waals surface area contributed by atoms with Gasteiger partial charge in [0.25, 0.3) is 0 Å². The lowest BCUT2D eigenvalue weighted by Crippen LogP contribution is -1.84. The monoisotopic (exact) mass is 185 g/mol. The van der Waals surface area contributed by atoms with Crippen LogP contribution in [0.15, 0.2) is 48.1 Å². The van der Waals surface area contributed by atoms with Crippen LogP contribution < -0.4 is 0 Å². The van der Waals surface area contributed by atoms with Crippen LogP contribution in [0, 0.1) is 11.3 Å². The first kappa shape index (κ1) is 10.2. The number of rotatable bonds is 3. The summed E-state index contributed by atoms with van der Waals surface area (Å²) in [5.41, 5.74) is 1.65.